The molecule has 6 heteroatoms. The fourth-order valence-electron chi connectivity index (χ4n) is 5.10. The Morgan fingerprint density at radius 3 is 2.59 bits per heavy atom. The van der Waals surface area contributed by atoms with E-state index in [2.05, 4.69) is 44.3 Å². The van der Waals surface area contributed by atoms with Crippen LogP contribution < -0.4 is 24.3 Å². The van der Waals surface area contributed by atoms with Gasteiger partial charge in [-0.25, -0.2) is 0 Å². The smallest absolute Gasteiger partial charge is 0.231 e. The van der Waals surface area contributed by atoms with Crippen molar-refractivity contribution in [1.29, 1.82) is 0 Å². The molecule has 0 aliphatic carbocycles. The molecule has 0 aromatic heterocycles. The van der Waals surface area contributed by atoms with Crippen LogP contribution in [-0.4, -0.2) is 24.5 Å². The van der Waals surface area contributed by atoms with Crippen LogP contribution in [0, 0.1) is 0 Å². The van der Waals surface area contributed by atoms with Gasteiger partial charge in [0.1, 0.15) is 11.5 Å². The van der Waals surface area contributed by atoms with E-state index in [1.807, 2.05) is 24.3 Å². The molecule has 172 valence electrons. The molecular weight excluding hydrogens is 430 g/mol. The van der Waals surface area contributed by atoms with E-state index >= 15 is 0 Å². The van der Waals surface area contributed by atoms with Gasteiger partial charge in [0.15, 0.2) is 23.0 Å². The summed E-state index contributed by atoms with van der Waals surface area (Å²) in [5.74, 6) is 3.25. The van der Waals surface area contributed by atoms with Crippen LogP contribution in [0.2, 0.25) is 0 Å². The van der Waals surface area contributed by atoms with Gasteiger partial charge in [-0.05, 0) is 68.3 Å². The van der Waals surface area contributed by atoms with Crippen molar-refractivity contribution in [2.24, 2.45) is 0 Å². The van der Waals surface area contributed by atoms with E-state index in [4.69, 9.17) is 18.9 Å². The molecule has 0 saturated carbocycles. The standard InChI is InChI=1S/C28H25NO5/c1-15-13-28(2,3)29-18-7-6-17-25(24(15)18)23(12-16-5-9-20-22(11-16)33-14-32-20)34-21-10-8-19(30)27(31-4)26(17)21/h5-13,29-30H,14H2,1-4H3. The molecule has 0 amide bonds. The van der Waals surface area contributed by atoms with E-state index in [0.29, 0.717) is 23.0 Å². The van der Waals surface area contributed by atoms with E-state index < -0.39 is 0 Å². The molecule has 0 fully saturated rings. The van der Waals surface area contributed by atoms with Gasteiger partial charge in [-0.1, -0.05) is 18.2 Å². The summed E-state index contributed by atoms with van der Waals surface area (Å²) >= 11 is 0. The molecule has 34 heavy (non-hydrogen) atoms. The van der Waals surface area contributed by atoms with Crippen molar-refractivity contribution in [1.82, 2.24) is 0 Å². The van der Waals surface area contributed by atoms with Gasteiger partial charge in [-0.3, -0.25) is 0 Å². The molecule has 0 bridgehead atoms. The van der Waals surface area contributed by atoms with E-state index in [9.17, 15) is 5.11 Å². The van der Waals surface area contributed by atoms with Crippen LogP contribution in [0.4, 0.5) is 5.69 Å². The summed E-state index contributed by atoms with van der Waals surface area (Å²) < 4.78 is 23.1. The first-order valence-corrected chi connectivity index (χ1v) is 11.2. The van der Waals surface area contributed by atoms with Crippen LogP contribution >= 0.6 is 0 Å². The highest BCUT2D eigenvalue weighted by molar-refractivity contribution is 6.02. The lowest BCUT2D eigenvalue weighted by molar-refractivity contribution is 0.174. The van der Waals surface area contributed by atoms with E-state index in [0.717, 1.165) is 44.8 Å². The number of rotatable bonds is 2. The minimum atomic E-state index is -0.171. The van der Waals surface area contributed by atoms with Gasteiger partial charge in [-0.15, -0.1) is 0 Å². The van der Waals surface area contributed by atoms with Gasteiger partial charge >= 0.3 is 0 Å². The van der Waals surface area contributed by atoms with Crippen molar-refractivity contribution in [3.05, 3.63) is 65.2 Å². The third kappa shape index (κ3) is 3.10. The van der Waals surface area contributed by atoms with Crippen molar-refractivity contribution in [3.8, 4) is 39.9 Å². The number of aromatic hydroxyl groups is 1. The maximum Gasteiger partial charge on any atom is 0.231 e. The lowest BCUT2D eigenvalue weighted by Gasteiger charge is -2.35. The molecule has 6 rings (SSSR count). The fraction of sp³-hybridized carbons (Fsp3) is 0.214. The number of hydrogen-bond donors (Lipinski definition) is 2. The summed E-state index contributed by atoms with van der Waals surface area (Å²) in [7, 11) is 1.56. The molecule has 0 atom stereocenters. The summed E-state index contributed by atoms with van der Waals surface area (Å²) in [5.41, 5.74) is 6.64. The molecule has 2 N–H and O–H groups in total. The zero-order valence-corrected chi connectivity index (χ0v) is 19.5. The molecule has 6 nitrogen and oxygen atoms in total. The SMILES string of the molecule is COc1c(O)ccc2c1-c1ccc3c(c1C(=Cc1ccc4c(c1)OCO4)O2)C(C)=CC(C)(C)N3. The number of nitrogens with one attached hydrogen (secondary N) is 1. The van der Waals surface area contributed by atoms with Gasteiger partial charge in [0.25, 0.3) is 0 Å². The van der Waals surface area contributed by atoms with E-state index in [1.165, 1.54) is 0 Å². The lowest BCUT2D eigenvalue weighted by atomic mass is 9.83. The first-order valence-electron chi connectivity index (χ1n) is 11.2. The maximum atomic E-state index is 10.5. The number of phenolic OH excluding ortho intramolecular Hbond substituents is 1. The third-order valence-electron chi connectivity index (χ3n) is 6.37. The molecule has 0 radical (unpaired) electrons. The number of anilines is 1. The normalized spacial score (nSPS) is 17.6. The molecule has 3 aromatic rings. The summed E-state index contributed by atoms with van der Waals surface area (Å²) in [6.07, 6.45) is 4.24. The highest BCUT2D eigenvalue weighted by Gasteiger charge is 2.33. The van der Waals surface area contributed by atoms with Crippen LogP contribution in [0.5, 0.6) is 28.7 Å². The lowest BCUT2D eigenvalue weighted by Crippen LogP contribution is -2.32. The molecule has 0 spiro atoms. The van der Waals surface area contributed by atoms with Crippen molar-refractivity contribution in [3.63, 3.8) is 0 Å². The largest absolute Gasteiger partial charge is 0.504 e. The van der Waals surface area contributed by atoms with Crippen LogP contribution in [0.3, 0.4) is 0 Å². The fourth-order valence-corrected chi connectivity index (χ4v) is 5.10. The summed E-state index contributed by atoms with van der Waals surface area (Å²) in [4.78, 5) is 0. The first-order chi connectivity index (χ1) is 16.3. The highest BCUT2D eigenvalue weighted by atomic mass is 16.7. The Balaban J connectivity index is 1.62. The Hall–Kier alpha value is -4.06. The number of fused-ring (bicyclic) bond motifs is 6. The molecule has 0 saturated heterocycles. The maximum absolute atomic E-state index is 10.5. The van der Waals surface area contributed by atoms with Gasteiger partial charge < -0.3 is 29.4 Å². The number of methoxy groups -OCH3 is 1. The van der Waals surface area contributed by atoms with Gasteiger partial charge in [0.2, 0.25) is 6.79 Å². The van der Waals surface area contributed by atoms with Gasteiger partial charge in [0.05, 0.1) is 18.2 Å². The Kier molecular flexibility index (Phi) is 4.36. The third-order valence-corrected chi connectivity index (χ3v) is 6.37. The molecule has 3 aromatic carbocycles. The Labute approximate surface area is 198 Å². The van der Waals surface area contributed by atoms with Gasteiger partial charge in [-0.2, -0.15) is 0 Å². The average molecular weight is 456 g/mol. The van der Waals surface area contributed by atoms with Crippen LogP contribution in [0.25, 0.3) is 28.5 Å². The number of allylic oxidation sites excluding steroid dienone is 1. The topological polar surface area (TPSA) is 69.2 Å². The number of hydrogen-bond acceptors (Lipinski definition) is 6. The zero-order chi connectivity index (χ0) is 23.6. The van der Waals surface area contributed by atoms with Crippen LogP contribution in [-0.2, 0) is 0 Å². The van der Waals surface area contributed by atoms with Crippen molar-refractivity contribution < 1.29 is 24.1 Å². The highest BCUT2D eigenvalue weighted by Crippen LogP contribution is 2.54. The first kappa shape index (κ1) is 20.5. The summed E-state index contributed by atoms with van der Waals surface area (Å²) in [6, 6.07) is 13.3. The Morgan fingerprint density at radius 2 is 1.76 bits per heavy atom. The Bertz CT molecular complexity index is 1420. The second kappa shape index (κ2) is 7.22. The average Bonchev–Trinajstić information content (AvgIpc) is 3.26. The van der Waals surface area contributed by atoms with Gasteiger partial charge in [0, 0.05) is 22.4 Å². The molecule has 3 aliphatic rings. The molecule has 3 heterocycles. The summed E-state index contributed by atoms with van der Waals surface area (Å²) in [6.45, 7) is 6.64. The second-order valence-corrected chi connectivity index (χ2v) is 9.30. The van der Waals surface area contributed by atoms with Crippen molar-refractivity contribution >= 4 is 23.1 Å². The quantitative estimate of drug-likeness (QED) is 0.473. The monoisotopic (exact) mass is 455 g/mol. The zero-order valence-electron chi connectivity index (χ0n) is 19.5. The van der Waals surface area contributed by atoms with Crippen LogP contribution in [0.1, 0.15) is 37.5 Å². The van der Waals surface area contributed by atoms with Crippen molar-refractivity contribution in [2.45, 2.75) is 26.3 Å². The molecular formula is C28H25NO5. The molecule has 3 aliphatic heterocycles. The number of benzene rings is 3. The molecule has 0 unspecified atom stereocenters. The predicted octanol–water partition coefficient (Wildman–Crippen LogP) is 6.29. The van der Waals surface area contributed by atoms with Crippen molar-refractivity contribution in [2.75, 3.05) is 19.2 Å². The van der Waals surface area contributed by atoms with E-state index in [-0.39, 0.29) is 18.1 Å². The number of ether oxygens (including phenoxy) is 4. The number of phenols is 1. The van der Waals surface area contributed by atoms with Crippen LogP contribution in [0.15, 0.2) is 48.5 Å². The minimum absolute atomic E-state index is 0.0724. The second-order valence-electron chi connectivity index (χ2n) is 9.30. The summed E-state index contributed by atoms with van der Waals surface area (Å²) in [5, 5.41) is 14.1. The van der Waals surface area contributed by atoms with E-state index in [1.54, 1.807) is 19.2 Å². The predicted molar refractivity (Wildman–Crippen MR) is 133 cm³/mol. The minimum Gasteiger partial charge on any atom is -0.504 e. The Morgan fingerprint density at radius 1 is 0.971 bits per heavy atom.